The highest BCUT2D eigenvalue weighted by Crippen LogP contribution is 2.66. The van der Waals surface area contributed by atoms with Gasteiger partial charge in [0.1, 0.15) is 0 Å². The number of aliphatic hydroxyl groups excluding tert-OH is 1. The fourth-order valence-electron chi connectivity index (χ4n) is 8.08. The summed E-state index contributed by atoms with van der Waals surface area (Å²) >= 11 is 0. The molecular formula is C29H34O. The van der Waals surface area contributed by atoms with E-state index < -0.39 is 0 Å². The summed E-state index contributed by atoms with van der Waals surface area (Å²) in [5, 5.41) is 10.2. The maximum Gasteiger partial charge on any atom is 0.0577 e. The Morgan fingerprint density at radius 3 is 2.53 bits per heavy atom. The molecule has 6 aliphatic rings. The third-order valence-corrected chi connectivity index (χ3v) is 9.74. The molecule has 1 nitrogen and oxygen atoms in total. The van der Waals surface area contributed by atoms with Crippen LogP contribution in [0.1, 0.15) is 64.4 Å². The lowest BCUT2D eigenvalue weighted by atomic mass is 9.47. The van der Waals surface area contributed by atoms with E-state index in [9.17, 15) is 5.11 Å². The zero-order valence-corrected chi connectivity index (χ0v) is 18.4. The first-order valence-electron chi connectivity index (χ1n) is 12.1. The normalized spacial score (nSPS) is 40.2. The molecule has 6 atom stereocenters. The van der Waals surface area contributed by atoms with Gasteiger partial charge in [0, 0.05) is 0 Å². The largest absolute Gasteiger partial charge is 0.393 e. The SMILES string of the molecule is CC12CCC(O)CC1=CCC1C2CCC2(C)C(c3ccc4cccccc3-4)=CCC12. The molecule has 6 unspecified atom stereocenters. The smallest absolute Gasteiger partial charge is 0.0577 e. The van der Waals surface area contributed by atoms with Gasteiger partial charge in [-0.25, -0.2) is 0 Å². The monoisotopic (exact) mass is 398 g/mol. The molecule has 0 bridgehead atoms. The minimum atomic E-state index is -0.110. The molecule has 1 heteroatoms. The Bertz CT molecular complexity index is 1010. The molecule has 2 saturated carbocycles. The second kappa shape index (κ2) is 6.57. The summed E-state index contributed by atoms with van der Waals surface area (Å²) in [6.07, 6.45) is 13.2. The van der Waals surface area contributed by atoms with Crippen molar-refractivity contribution in [2.45, 2.75) is 64.9 Å². The molecule has 0 spiro atoms. The van der Waals surface area contributed by atoms with E-state index in [4.69, 9.17) is 0 Å². The van der Waals surface area contributed by atoms with E-state index in [2.05, 4.69) is 68.5 Å². The number of fused-ring (bicyclic) bond motifs is 6. The van der Waals surface area contributed by atoms with Gasteiger partial charge in [0.25, 0.3) is 0 Å². The average Bonchev–Trinajstić information content (AvgIpc) is 3.19. The summed E-state index contributed by atoms with van der Waals surface area (Å²) in [5.41, 5.74) is 8.06. The van der Waals surface area contributed by atoms with Crippen LogP contribution >= 0.6 is 0 Å². The molecule has 0 heterocycles. The lowest BCUT2D eigenvalue weighted by Crippen LogP contribution is -2.49. The molecule has 30 heavy (non-hydrogen) atoms. The minimum Gasteiger partial charge on any atom is -0.393 e. The fourth-order valence-corrected chi connectivity index (χ4v) is 8.08. The van der Waals surface area contributed by atoms with Gasteiger partial charge in [0.05, 0.1) is 6.10 Å². The van der Waals surface area contributed by atoms with Crippen LogP contribution in [-0.4, -0.2) is 11.2 Å². The summed E-state index contributed by atoms with van der Waals surface area (Å²) in [4.78, 5) is 0. The first-order chi connectivity index (χ1) is 14.5. The van der Waals surface area contributed by atoms with Crippen molar-refractivity contribution in [2.75, 3.05) is 0 Å². The second-order valence-corrected chi connectivity index (χ2v) is 11.0. The van der Waals surface area contributed by atoms with Crippen molar-refractivity contribution in [3.05, 3.63) is 65.8 Å². The van der Waals surface area contributed by atoms with Crippen molar-refractivity contribution in [3.8, 4) is 11.1 Å². The second-order valence-electron chi connectivity index (χ2n) is 11.0. The van der Waals surface area contributed by atoms with Gasteiger partial charge in [-0.1, -0.05) is 74.0 Å². The van der Waals surface area contributed by atoms with Crippen LogP contribution in [0.25, 0.3) is 16.7 Å². The average molecular weight is 399 g/mol. The zero-order valence-electron chi connectivity index (χ0n) is 18.4. The van der Waals surface area contributed by atoms with E-state index >= 15 is 0 Å². The Morgan fingerprint density at radius 1 is 0.800 bits per heavy atom. The van der Waals surface area contributed by atoms with Gasteiger partial charge in [-0.05, 0) is 95.8 Å². The molecule has 2 fully saturated rings. The highest BCUT2D eigenvalue weighted by molar-refractivity contribution is 5.87. The van der Waals surface area contributed by atoms with E-state index in [1.165, 1.54) is 48.8 Å². The fraction of sp³-hybridized carbons (Fsp3) is 0.517. The van der Waals surface area contributed by atoms with Crippen molar-refractivity contribution < 1.29 is 5.11 Å². The molecule has 0 aromatic heterocycles. The van der Waals surface area contributed by atoms with Crippen molar-refractivity contribution in [2.24, 2.45) is 28.6 Å². The van der Waals surface area contributed by atoms with Gasteiger partial charge in [-0.15, -0.1) is 0 Å². The number of aliphatic hydroxyl groups is 1. The maximum absolute atomic E-state index is 10.2. The number of hydrogen-bond acceptors (Lipinski definition) is 1. The molecule has 0 amide bonds. The van der Waals surface area contributed by atoms with Gasteiger partial charge in [-0.2, -0.15) is 0 Å². The van der Waals surface area contributed by atoms with Gasteiger partial charge >= 0.3 is 0 Å². The maximum atomic E-state index is 10.2. The summed E-state index contributed by atoms with van der Waals surface area (Å²) in [7, 11) is 0. The Labute approximate surface area is 181 Å². The number of rotatable bonds is 1. The first kappa shape index (κ1) is 18.9. The summed E-state index contributed by atoms with van der Waals surface area (Å²) < 4.78 is 0. The lowest BCUT2D eigenvalue weighted by molar-refractivity contribution is -0.0238. The van der Waals surface area contributed by atoms with Gasteiger partial charge in [0.15, 0.2) is 0 Å². The summed E-state index contributed by atoms with van der Waals surface area (Å²) in [5.74, 6) is 2.35. The predicted molar refractivity (Wildman–Crippen MR) is 124 cm³/mol. The van der Waals surface area contributed by atoms with Crippen LogP contribution < -0.4 is 0 Å². The lowest BCUT2D eigenvalue weighted by Gasteiger charge is -2.57. The third-order valence-electron chi connectivity index (χ3n) is 9.74. The molecule has 0 aromatic carbocycles. The van der Waals surface area contributed by atoms with Crippen LogP contribution in [0.3, 0.4) is 0 Å². The molecule has 1 N–H and O–H groups in total. The van der Waals surface area contributed by atoms with E-state index in [0.29, 0.717) is 10.8 Å². The van der Waals surface area contributed by atoms with Gasteiger partial charge < -0.3 is 5.11 Å². The Morgan fingerprint density at radius 2 is 1.63 bits per heavy atom. The molecule has 0 aromatic rings. The number of hydrogen-bond donors (Lipinski definition) is 1. The van der Waals surface area contributed by atoms with Crippen LogP contribution in [0.4, 0.5) is 0 Å². The van der Waals surface area contributed by atoms with Crippen molar-refractivity contribution in [1.82, 2.24) is 0 Å². The van der Waals surface area contributed by atoms with Gasteiger partial charge in [-0.3, -0.25) is 0 Å². The molecule has 0 radical (unpaired) electrons. The highest BCUT2D eigenvalue weighted by Gasteiger charge is 2.56. The molecule has 6 rings (SSSR count). The zero-order chi connectivity index (χ0) is 20.5. The molecule has 0 aliphatic heterocycles. The predicted octanol–water partition coefficient (Wildman–Crippen LogP) is 7.11. The standard InChI is InChI=1S/C29H34O/c1-28-16-14-21(30)18-20(28)9-11-24-26-13-12-25(29(26,2)17-15-27(24)28)23-10-8-19-6-4-3-5-7-22(19)23/h3-10,12,21,24,26-27,30H,11,13-18H2,1-2H3. The van der Waals surface area contributed by atoms with Crippen LogP contribution in [0.5, 0.6) is 0 Å². The highest BCUT2D eigenvalue weighted by atomic mass is 16.3. The van der Waals surface area contributed by atoms with Crippen LogP contribution in [-0.2, 0) is 0 Å². The van der Waals surface area contributed by atoms with Crippen LogP contribution in [0.15, 0.2) is 60.2 Å². The van der Waals surface area contributed by atoms with Crippen molar-refractivity contribution >= 4 is 5.57 Å². The van der Waals surface area contributed by atoms with E-state index in [1.807, 2.05) is 0 Å². The Hall–Kier alpha value is -1.86. The topological polar surface area (TPSA) is 20.2 Å². The molecule has 6 aliphatic carbocycles. The molecular weight excluding hydrogens is 364 g/mol. The van der Waals surface area contributed by atoms with E-state index in [-0.39, 0.29) is 6.10 Å². The van der Waals surface area contributed by atoms with Gasteiger partial charge in [0.2, 0.25) is 0 Å². The quantitative estimate of drug-likeness (QED) is 0.508. The molecule has 0 saturated heterocycles. The van der Waals surface area contributed by atoms with E-state index in [0.717, 1.165) is 30.6 Å². The van der Waals surface area contributed by atoms with Crippen LogP contribution in [0, 0.1) is 28.6 Å². The van der Waals surface area contributed by atoms with Crippen molar-refractivity contribution in [3.63, 3.8) is 0 Å². The summed E-state index contributed by atoms with van der Waals surface area (Å²) in [6.45, 7) is 5.10. The molecule has 156 valence electrons. The van der Waals surface area contributed by atoms with Crippen LogP contribution in [0.2, 0.25) is 0 Å². The summed E-state index contributed by atoms with van der Waals surface area (Å²) in [6, 6.07) is 15.7. The minimum absolute atomic E-state index is 0.110. The first-order valence-corrected chi connectivity index (χ1v) is 12.1. The Balaban J connectivity index is 1.35. The number of allylic oxidation sites excluding steroid dienone is 3. The Kier molecular flexibility index (Phi) is 4.13. The van der Waals surface area contributed by atoms with Crippen molar-refractivity contribution in [1.29, 1.82) is 0 Å². The van der Waals surface area contributed by atoms with E-state index in [1.54, 1.807) is 11.1 Å². The third kappa shape index (κ3) is 2.51.